The van der Waals surface area contributed by atoms with Crippen molar-refractivity contribution in [3.05, 3.63) is 84.0 Å². The first-order valence-corrected chi connectivity index (χ1v) is 8.24. The molecule has 0 unspecified atom stereocenters. The number of benzene rings is 1. The largest absolute Gasteiger partial charge is 0.460 e. The number of carbonyl (C=O) groups is 1. The number of hydrogen-bond acceptors (Lipinski definition) is 3. The Morgan fingerprint density at radius 1 is 1.18 bits per heavy atom. The zero-order valence-electron chi connectivity index (χ0n) is 14.6. The van der Waals surface area contributed by atoms with Crippen LogP contribution in [-0.2, 0) is 17.5 Å². The molecule has 144 valence electrons. The van der Waals surface area contributed by atoms with Crippen molar-refractivity contribution in [2.24, 2.45) is 0 Å². The van der Waals surface area contributed by atoms with Crippen LogP contribution in [0.4, 0.5) is 19.0 Å². The summed E-state index contributed by atoms with van der Waals surface area (Å²) in [5.41, 5.74) is -0.263. The zero-order valence-corrected chi connectivity index (χ0v) is 14.6. The van der Waals surface area contributed by atoms with E-state index in [1.165, 1.54) is 24.3 Å². The van der Waals surface area contributed by atoms with Crippen LogP contribution in [0.15, 0.2) is 65.7 Å². The molecule has 3 aromatic rings. The van der Waals surface area contributed by atoms with Crippen molar-refractivity contribution in [1.29, 1.82) is 0 Å². The SMILES string of the molecule is C=Cc1ccc(Cn2ccc(NC(=O)/C=C/c3ccc(C(F)(F)F)cc3)n2)o1. The topological polar surface area (TPSA) is 60.1 Å². The van der Waals surface area contributed by atoms with E-state index in [-0.39, 0.29) is 0 Å². The predicted octanol–water partition coefficient (Wildman–Crippen LogP) is 4.84. The smallest absolute Gasteiger partial charge is 0.416 e. The maximum absolute atomic E-state index is 12.5. The summed E-state index contributed by atoms with van der Waals surface area (Å²) in [6, 6.07) is 9.74. The fourth-order valence-corrected chi connectivity index (χ4v) is 2.39. The minimum Gasteiger partial charge on any atom is -0.460 e. The van der Waals surface area contributed by atoms with Gasteiger partial charge in [-0.05, 0) is 42.0 Å². The van der Waals surface area contributed by atoms with E-state index in [4.69, 9.17) is 4.42 Å². The Morgan fingerprint density at radius 2 is 1.93 bits per heavy atom. The number of anilines is 1. The highest BCUT2D eigenvalue weighted by molar-refractivity contribution is 6.01. The lowest BCUT2D eigenvalue weighted by molar-refractivity contribution is -0.137. The molecule has 0 spiro atoms. The Morgan fingerprint density at radius 3 is 2.57 bits per heavy atom. The maximum atomic E-state index is 12.5. The third-order valence-corrected chi connectivity index (χ3v) is 3.76. The molecule has 0 aliphatic heterocycles. The van der Waals surface area contributed by atoms with E-state index in [0.29, 0.717) is 29.4 Å². The van der Waals surface area contributed by atoms with Gasteiger partial charge in [0.25, 0.3) is 0 Å². The lowest BCUT2D eigenvalue weighted by Crippen LogP contribution is -2.09. The minimum atomic E-state index is -4.39. The fraction of sp³-hybridized carbons (Fsp3) is 0.100. The molecule has 3 rings (SSSR count). The molecule has 1 N–H and O–H groups in total. The summed E-state index contributed by atoms with van der Waals surface area (Å²) < 4.78 is 44.7. The molecule has 0 bridgehead atoms. The van der Waals surface area contributed by atoms with Crippen LogP contribution in [0.25, 0.3) is 12.2 Å². The van der Waals surface area contributed by atoms with Crippen LogP contribution >= 0.6 is 0 Å². The van der Waals surface area contributed by atoms with Gasteiger partial charge in [-0.1, -0.05) is 18.7 Å². The summed E-state index contributed by atoms with van der Waals surface area (Å²) in [7, 11) is 0. The van der Waals surface area contributed by atoms with Gasteiger partial charge in [-0.3, -0.25) is 9.48 Å². The van der Waals surface area contributed by atoms with Crippen molar-refractivity contribution in [1.82, 2.24) is 9.78 Å². The van der Waals surface area contributed by atoms with Crippen molar-refractivity contribution >= 4 is 23.9 Å². The monoisotopic (exact) mass is 387 g/mol. The number of hydrogen-bond donors (Lipinski definition) is 1. The van der Waals surface area contributed by atoms with Gasteiger partial charge in [0, 0.05) is 18.3 Å². The first kappa shape index (κ1) is 19.2. The minimum absolute atomic E-state index is 0.345. The van der Waals surface area contributed by atoms with Crippen molar-refractivity contribution in [2.75, 3.05) is 5.32 Å². The van der Waals surface area contributed by atoms with Gasteiger partial charge < -0.3 is 9.73 Å². The molecule has 0 saturated heterocycles. The molecular formula is C20H16F3N3O2. The summed E-state index contributed by atoms with van der Waals surface area (Å²) in [6.07, 6.45) is 1.55. The fourth-order valence-electron chi connectivity index (χ4n) is 2.39. The summed E-state index contributed by atoms with van der Waals surface area (Å²) in [5, 5.41) is 6.80. The van der Waals surface area contributed by atoms with E-state index >= 15 is 0 Å². The average molecular weight is 387 g/mol. The van der Waals surface area contributed by atoms with E-state index in [2.05, 4.69) is 17.0 Å². The average Bonchev–Trinajstić information content (AvgIpc) is 3.29. The van der Waals surface area contributed by atoms with Crippen molar-refractivity contribution in [3.8, 4) is 0 Å². The number of alkyl halides is 3. The number of rotatable bonds is 6. The van der Waals surface area contributed by atoms with Crippen molar-refractivity contribution in [3.63, 3.8) is 0 Å². The summed E-state index contributed by atoms with van der Waals surface area (Å²) in [5.74, 6) is 1.25. The number of amides is 1. The van der Waals surface area contributed by atoms with E-state index in [9.17, 15) is 18.0 Å². The van der Waals surface area contributed by atoms with Crippen LogP contribution in [0.5, 0.6) is 0 Å². The number of aromatic nitrogens is 2. The summed E-state index contributed by atoms with van der Waals surface area (Å²) in [4.78, 5) is 12.0. The number of furan rings is 1. The zero-order chi connectivity index (χ0) is 20.1. The standard InChI is InChI=1S/C20H16F3N3O2/c1-2-16-8-9-17(28-16)13-26-12-11-18(25-26)24-19(27)10-5-14-3-6-15(7-4-14)20(21,22)23/h2-12H,1,13H2,(H,24,25,27)/b10-5+. The molecule has 5 nitrogen and oxygen atoms in total. The van der Waals surface area contributed by atoms with Crippen LogP contribution in [0.2, 0.25) is 0 Å². The first-order valence-electron chi connectivity index (χ1n) is 8.24. The molecule has 0 fully saturated rings. The van der Waals surface area contributed by atoms with Gasteiger partial charge in [0.1, 0.15) is 11.5 Å². The second-order valence-corrected chi connectivity index (χ2v) is 5.85. The Hall–Kier alpha value is -3.55. The number of nitrogens with zero attached hydrogens (tertiary/aromatic N) is 2. The Balaban J connectivity index is 1.56. The van der Waals surface area contributed by atoms with Crippen LogP contribution in [0, 0.1) is 0 Å². The third-order valence-electron chi connectivity index (χ3n) is 3.76. The highest BCUT2D eigenvalue weighted by Crippen LogP contribution is 2.29. The van der Waals surface area contributed by atoms with Crippen LogP contribution in [0.1, 0.15) is 22.6 Å². The molecule has 2 aromatic heterocycles. The van der Waals surface area contributed by atoms with Crippen LogP contribution < -0.4 is 5.32 Å². The van der Waals surface area contributed by atoms with Gasteiger partial charge in [-0.25, -0.2) is 0 Å². The molecule has 8 heteroatoms. The quantitative estimate of drug-likeness (QED) is 0.616. The highest BCUT2D eigenvalue weighted by atomic mass is 19.4. The molecule has 0 radical (unpaired) electrons. The Labute approximate surface area is 158 Å². The highest BCUT2D eigenvalue weighted by Gasteiger charge is 2.29. The maximum Gasteiger partial charge on any atom is 0.416 e. The summed E-state index contributed by atoms with van der Waals surface area (Å²) >= 11 is 0. The van der Waals surface area contributed by atoms with Crippen LogP contribution in [0.3, 0.4) is 0 Å². The second-order valence-electron chi connectivity index (χ2n) is 5.85. The van der Waals surface area contributed by atoms with E-state index in [1.54, 1.807) is 29.1 Å². The van der Waals surface area contributed by atoms with E-state index in [1.807, 2.05) is 6.07 Å². The van der Waals surface area contributed by atoms with Gasteiger partial charge in [0.05, 0.1) is 12.1 Å². The predicted molar refractivity (Wildman–Crippen MR) is 99.2 cm³/mol. The van der Waals surface area contributed by atoms with E-state index in [0.717, 1.165) is 12.1 Å². The Kier molecular flexibility index (Phi) is 5.49. The molecular weight excluding hydrogens is 371 g/mol. The lowest BCUT2D eigenvalue weighted by Gasteiger charge is -2.05. The molecule has 1 aromatic carbocycles. The van der Waals surface area contributed by atoms with Crippen molar-refractivity contribution < 1.29 is 22.4 Å². The number of carbonyl (C=O) groups excluding carboxylic acids is 1. The summed E-state index contributed by atoms with van der Waals surface area (Å²) in [6.45, 7) is 4.02. The third kappa shape index (κ3) is 5.00. The molecule has 0 aliphatic rings. The first-order chi connectivity index (χ1) is 13.3. The normalized spacial score (nSPS) is 11.7. The lowest BCUT2D eigenvalue weighted by atomic mass is 10.1. The number of nitrogens with one attached hydrogen (secondary N) is 1. The molecule has 0 aliphatic carbocycles. The molecule has 28 heavy (non-hydrogen) atoms. The Bertz CT molecular complexity index is 998. The second kappa shape index (κ2) is 7.99. The molecule has 2 heterocycles. The van der Waals surface area contributed by atoms with Gasteiger partial charge in [-0.15, -0.1) is 0 Å². The number of halogens is 3. The molecule has 0 atom stereocenters. The van der Waals surface area contributed by atoms with Gasteiger partial charge in [0.15, 0.2) is 5.82 Å². The molecule has 1 amide bonds. The van der Waals surface area contributed by atoms with Gasteiger partial charge in [0.2, 0.25) is 5.91 Å². The van der Waals surface area contributed by atoms with E-state index < -0.39 is 17.6 Å². The molecule has 0 saturated carbocycles. The van der Waals surface area contributed by atoms with Gasteiger partial charge >= 0.3 is 6.18 Å². The van der Waals surface area contributed by atoms with Gasteiger partial charge in [-0.2, -0.15) is 18.3 Å². The van der Waals surface area contributed by atoms with Crippen molar-refractivity contribution in [2.45, 2.75) is 12.7 Å². The van der Waals surface area contributed by atoms with Crippen LogP contribution in [-0.4, -0.2) is 15.7 Å².